The van der Waals surface area contributed by atoms with E-state index in [2.05, 4.69) is 20.2 Å². The van der Waals surface area contributed by atoms with Crippen molar-refractivity contribution in [3.05, 3.63) is 69.2 Å². The zero-order chi connectivity index (χ0) is 24.0. The molecule has 0 amide bonds. The van der Waals surface area contributed by atoms with Gasteiger partial charge in [-0.1, -0.05) is 12.1 Å². The molecule has 0 aliphatic rings. The van der Waals surface area contributed by atoms with Gasteiger partial charge in [-0.05, 0) is 36.8 Å². The summed E-state index contributed by atoms with van der Waals surface area (Å²) in [5, 5.41) is 18.6. The minimum atomic E-state index is -4.68. The molecule has 1 aromatic carbocycles. The predicted molar refractivity (Wildman–Crippen MR) is 116 cm³/mol. The molecular formula is C21H13F3N6O3S. The van der Waals surface area contributed by atoms with Crippen molar-refractivity contribution < 1.29 is 22.6 Å². The second-order valence-corrected chi connectivity index (χ2v) is 8.34. The predicted octanol–water partition coefficient (Wildman–Crippen LogP) is 5.66. The molecule has 4 aromatic heterocycles. The maximum atomic E-state index is 13.8. The first-order chi connectivity index (χ1) is 16.2. The van der Waals surface area contributed by atoms with Crippen LogP contribution < -0.4 is 0 Å². The van der Waals surface area contributed by atoms with E-state index in [0.717, 1.165) is 17.4 Å². The van der Waals surface area contributed by atoms with Crippen LogP contribution >= 0.6 is 11.3 Å². The average Bonchev–Trinajstić information content (AvgIpc) is 3.56. The van der Waals surface area contributed by atoms with Gasteiger partial charge in [0.2, 0.25) is 5.82 Å². The van der Waals surface area contributed by atoms with Crippen LogP contribution in [-0.4, -0.2) is 29.7 Å². The number of nitrogens with zero attached hydrogens (tertiary/aromatic N) is 6. The third-order valence-corrected chi connectivity index (χ3v) is 6.21. The minimum Gasteiger partial charge on any atom is -0.332 e. The molecule has 0 radical (unpaired) electrons. The van der Waals surface area contributed by atoms with E-state index < -0.39 is 16.8 Å². The van der Waals surface area contributed by atoms with Crippen molar-refractivity contribution in [1.82, 2.24) is 24.7 Å². The van der Waals surface area contributed by atoms with Gasteiger partial charge in [0.25, 0.3) is 11.6 Å². The van der Waals surface area contributed by atoms with E-state index in [0.29, 0.717) is 15.0 Å². The largest absolute Gasteiger partial charge is 0.433 e. The number of alkyl halides is 3. The Kier molecular flexibility index (Phi) is 5.12. The third-order valence-electron chi connectivity index (χ3n) is 4.96. The number of non-ortho nitro benzene ring substituents is 1. The van der Waals surface area contributed by atoms with Crippen LogP contribution in [0.5, 0.6) is 0 Å². The van der Waals surface area contributed by atoms with Crippen molar-refractivity contribution in [1.29, 1.82) is 0 Å². The number of rotatable bonds is 5. The van der Waals surface area contributed by atoms with Gasteiger partial charge < -0.3 is 4.52 Å². The van der Waals surface area contributed by atoms with Crippen molar-refractivity contribution in [3.8, 4) is 33.5 Å². The molecule has 0 fully saturated rings. The third kappa shape index (κ3) is 3.90. The van der Waals surface area contributed by atoms with Crippen LogP contribution in [0.4, 0.5) is 18.9 Å². The number of benzene rings is 1. The molecule has 0 unspecified atom stereocenters. The second-order valence-electron chi connectivity index (χ2n) is 7.17. The van der Waals surface area contributed by atoms with Gasteiger partial charge in [0.15, 0.2) is 17.0 Å². The van der Waals surface area contributed by atoms with Crippen LogP contribution in [0.1, 0.15) is 17.5 Å². The van der Waals surface area contributed by atoms with E-state index in [9.17, 15) is 23.3 Å². The molecule has 13 heteroatoms. The summed E-state index contributed by atoms with van der Waals surface area (Å²) in [6.07, 6.45) is -3.91. The standard InChI is InChI=1S/C21H13F3N6O3S/c1-2-13-7-8-16(34-13)14-9-17(21(22,23)24)29-18(25-14)10-15(27-29)20-26-19(28-33-20)11-3-5-12(6-4-11)30(31)32/h3-10H,2H2,1H3. The molecule has 172 valence electrons. The minimum absolute atomic E-state index is 0.0104. The highest BCUT2D eigenvalue weighted by Crippen LogP contribution is 2.35. The van der Waals surface area contributed by atoms with Crippen molar-refractivity contribution >= 4 is 22.7 Å². The first kappa shape index (κ1) is 21.7. The number of nitro groups is 1. The van der Waals surface area contributed by atoms with Crippen LogP contribution in [-0.2, 0) is 12.6 Å². The molecule has 5 rings (SSSR count). The fourth-order valence-electron chi connectivity index (χ4n) is 3.29. The molecule has 0 N–H and O–H groups in total. The van der Waals surface area contributed by atoms with Gasteiger partial charge in [0.05, 0.1) is 15.5 Å². The molecule has 0 spiro atoms. The lowest BCUT2D eigenvalue weighted by molar-refractivity contribution is -0.384. The summed E-state index contributed by atoms with van der Waals surface area (Å²) < 4.78 is 47.4. The maximum absolute atomic E-state index is 13.8. The Hall–Kier alpha value is -4.13. The Morgan fingerprint density at radius 3 is 2.50 bits per heavy atom. The van der Waals surface area contributed by atoms with Gasteiger partial charge in [0.1, 0.15) is 0 Å². The number of halogens is 3. The van der Waals surface area contributed by atoms with E-state index in [4.69, 9.17) is 4.52 Å². The fourth-order valence-corrected chi connectivity index (χ4v) is 4.20. The monoisotopic (exact) mass is 486 g/mol. The van der Waals surface area contributed by atoms with Crippen LogP contribution in [0.3, 0.4) is 0 Å². The quantitative estimate of drug-likeness (QED) is 0.233. The number of thiophene rings is 1. The molecule has 4 heterocycles. The summed E-state index contributed by atoms with van der Waals surface area (Å²) in [5.74, 6) is -0.00440. The molecule has 9 nitrogen and oxygen atoms in total. The molecule has 0 atom stereocenters. The highest BCUT2D eigenvalue weighted by atomic mass is 32.1. The zero-order valence-electron chi connectivity index (χ0n) is 17.3. The Morgan fingerprint density at radius 1 is 1.09 bits per heavy atom. The Balaban J connectivity index is 1.57. The number of fused-ring (bicyclic) bond motifs is 1. The molecule has 34 heavy (non-hydrogen) atoms. The normalized spacial score (nSPS) is 11.9. The van der Waals surface area contributed by atoms with Crippen LogP contribution in [0.2, 0.25) is 0 Å². The molecule has 0 saturated carbocycles. The van der Waals surface area contributed by atoms with Gasteiger partial charge in [-0.15, -0.1) is 11.3 Å². The van der Waals surface area contributed by atoms with Crippen molar-refractivity contribution in [2.75, 3.05) is 0 Å². The molecule has 0 saturated heterocycles. The number of nitro benzene ring substituents is 1. The second kappa shape index (κ2) is 8.02. The first-order valence-corrected chi connectivity index (χ1v) is 10.7. The molecular weight excluding hydrogens is 473 g/mol. The summed E-state index contributed by atoms with van der Waals surface area (Å²) in [7, 11) is 0. The van der Waals surface area contributed by atoms with Gasteiger partial charge >= 0.3 is 6.18 Å². The number of hydrogen-bond acceptors (Lipinski definition) is 8. The molecule has 5 aromatic rings. The first-order valence-electron chi connectivity index (χ1n) is 9.89. The smallest absolute Gasteiger partial charge is 0.332 e. The van der Waals surface area contributed by atoms with Gasteiger partial charge in [-0.3, -0.25) is 10.1 Å². The molecule has 0 bridgehead atoms. The van der Waals surface area contributed by atoms with Gasteiger partial charge in [-0.25, -0.2) is 9.50 Å². The average molecular weight is 486 g/mol. The lowest BCUT2D eigenvalue weighted by atomic mass is 10.2. The van der Waals surface area contributed by atoms with E-state index in [-0.39, 0.29) is 34.4 Å². The summed E-state index contributed by atoms with van der Waals surface area (Å²) in [6, 6.07) is 11.4. The highest BCUT2D eigenvalue weighted by Gasteiger charge is 2.36. The van der Waals surface area contributed by atoms with Crippen LogP contribution in [0, 0.1) is 10.1 Å². The lowest BCUT2D eigenvalue weighted by Crippen LogP contribution is -2.13. The Labute approximate surface area is 192 Å². The van der Waals surface area contributed by atoms with E-state index in [1.54, 1.807) is 6.07 Å². The van der Waals surface area contributed by atoms with Crippen molar-refractivity contribution in [2.24, 2.45) is 0 Å². The zero-order valence-corrected chi connectivity index (χ0v) is 18.1. The highest BCUT2D eigenvalue weighted by molar-refractivity contribution is 7.15. The topological polar surface area (TPSA) is 112 Å². The van der Waals surface area contributed by atoms with Crippen LogP contribution in [0.25, 0.3) is 39.2 Å². The number of aryl methyl sites for hydroxylation is 1. The maximum Gasteiger partial charge on any atom is 0.433 e. The number of aromatic nitrogens is 5. The molecule has 0 aliphatic heterocycles. The summed E-state index contributed by atoms with van der Waals surface area (Å²) in [6.45, 7) is 1.96. The Bertz CT molecular complexity index is 1520. The molecule has 0 aliphatic carbocycles. The van der Waals surface area contributed by atoms with Gasteiger partial charge in [0, 0.05) is 28.6 Å². The summed E-state index contributed by atoms with van der Waals surface area (Å²) >= 11 is 1.38. The van der Waals surface area contributed by atoms with Crippen LogP contribution in [0.15, 0.2) is 53.1 Å². The summed E-state index contributed by atoms with van der Waals surface area (Å²) in [5.41, 5.74) is -0.484. The Morgan fingerprint density at radius 2 is 1.85 bits per heavy atom. The summed E-state index contributed by atoms with van der Waals surface area (Å²) in [4.78, 5) is 20.5. The van der Waals surface area contributed by atoms with E-state index in [1.165, 1.54) is 41.7 Å². The van der Waals surface area contributed by atoms with Crippen molar-refractivity contribution in [3.63, 3.8) is 0 Å². The lowest BCUT2D eigenvalue weighted by Gasteiger charge is -2.10. The van der Waals surface area contributed by atoms with E-state index >= 15 is 0 Å². The van der Waals surface area contributed by atoms with Crippen molar-refractivity contribution in [2.45, 2.75) is 19.5 Å². The van der Waals surface area contributed by atoms with Gasteiger partial charge in [-0.2, -0.15) is 23.3 Å². The SMILES string of the molecule is CCc1ccc(-c2cc(C(F)(F)F)n3nc(-c4nc(-c5ccc([N+](=O)[O-])cc5)no4)cc3n2)s1. The number of hydrogen-bond donors (Lipinski definition) is 0. The fraction of sp³-hybridized carbons (Fsp3) is 0.143. The van der Waals surface area contributed by atoms with E-state index in [1.807, 2.05) is 13.0 Å².